The number of H-pyrrole nitrogens is 1. The zero-order chi connectivity index (χ0) is 8.55. The zero-order valence-corrected chi connectivity index (χ0v) is 6.91. The van der Waals surface area contributed by atoms with Crippen molar-refractivity contribution in [2.45, 2.75) is 13.0 Å². The summed E-state index contributed by atoms with van der Waals surface area (Å²) in [5, 5.41) is 10.5. The van der Waals surface area contributed by atoms with Gasteiger partial charge < -0.3 is 10.1 Å². The fourth-order valence-corrected chi connectivity index (χ4v) is 1.33. The molecule has 0 aliphatic carbocycles. The van der Waals surface area contributed by atoms with Crippen molar-refractivity contribution < 1.29 is 5.11 Å². The summed E-state index contributed by atoms with van der Waals surface area (Å²) < 4.78 is 0. The highest BCUT2D eigenvalue weighted by atomic mass is 16.3. The third kappa shape index (κ3) is 1.10. The van der Waals surface area contributed by atoms with Crippen molar-refractivity contribution in [3.8, 4) is 0 Å². The number of fused-ring (bicyclic) bond motifs is 1. The van der Waals surface area contributed by atoms with E-state index in [0.29, 0.717) is 0 Å². The maximum absolute atomic E-state index is 9.31. The van der Waals surface area contributed by atoms with Gasteiger partial charge in [0.15, 0.2) is 0 Å². The Labute approximate surface area is 70.8 Å². The van der Waals surface area contributed by atoms with Crippen LogP contribution in [0, 0.1) is 0 Å². The van der Waals surface area contributed by atoms with Crippen molar-refractivity contribution in [2.24, 2.45) is 0 Å². The molecule has 2 nitrogen and oxygen atoms in total. The summed E-state index contributed by atoms with van der Waals surface area (Å²) in [5.41, 5.74) is 2.03. The van der Waals surface area contributed by atoms with Crippen molar-refractivity contribution in [3.05, 3.63) is 36.0 Å². The molecule has 0 saturated heterocycles. The van der Waals surface area contributed by atoms with E-state index >= 15 is 0 Å². The Balaban J connectivity index is 2.60. The quantitative estimate of drug-likeness (QED) is 0.661. The summed E-state index contributed by atoms with van der Waals surface area (Å²) in [6.45, 7) is 1.77. The van der Waals surface area contributed by atoms with E-state index in [2.05, 4.69) is 4.98 Å². The molecule has 12 heavy (non-hydrogen) atoms. The van der Waals surface area contributed by atoms with Crippen molar-refractivity contribution in [2.75, 3.05) is 0 Å². The van der Waals surface area contributed by atoms with Crippen molar-refractivity contribution in [3.63, 3.8) is 0 Å². The van der Waals surface area contributed by atoms with E-state index in [4.69, 9.17) is 0 Å². The van der Waals surface area contributed by atoms with E-state index in [9.17, 15) is 5.11 Å². The van der Waals surface area contributed by atoms with Crippen molar-refractivity contribution >= 4 is 10.9 Å². The Hall–Kier alpha value is -1.28. The van der Waals surface area contributed by atoms with Gasteiger partial charge in [0.05, 0.1) is 6.10 Å². The standard InChI is InChI=1S/C10H11NO/c1-7(12)9-3-2-8-4-5-11-10(8)6-9/h2-7,11-12H,1H3. The minimum Gasteiger partial charge on any atom is -0.389 e. The Morgan fingerprint density at radius 1 is 1.33 bits per heavy atom. The number of aliphatic hydroxyl groups excluding tert-OH is 1. The molecule has 1 unspecified atom stereocenters. The maximum atomic E-state index is 9.31. The van der Waals surface area contributed by atoms with Crippen molar-refractivity contribution in [1.82, 2.24) is 4.98 Å². The van der Waals surface area contributed by atoms with E-state index in [0.717, 1.165) is 11.1 Å². The number of nitrogens with one attached hydrogen (secondary N) is 1. The first-order chi connectivity index (χ1) is 5.77. The molecule has 0 bridgehead atoms. The molecule has 0 amide bonds. The number of rotatable bonds is 1. The number of hydrogen-bond acceptors (Lipinski definition) is 1. The van der Waals surface area contributed by atoms with Crippen LogP contribution in [0.1, 0.15) is 18.6 Å². The lowest BCUT2D eigenvalue weighted by atomic mass is 10.1. The summed E-state index contributed by atoms with van der Waals surface area (Å²) >= 11 is 0. The van der Waals surface area contributed by atoms with Crippen LogP contribution in [0.4, 0.5) is 0 Å². The summed E-state index contributed by atoms with van der Waals surface area (Å²) in [6, 6.07) is 7.94. The van der Waals surface area contributed by atoms with Crippen LogP contribution in [0.15, 0.2) is 30.5 Å². The van der Waals surface area contributed by atoms with Crippen LogP contribution in [0.3, 0.4) is 0 Å². The minimum atomic E-state index is -0.391. The normalized spacial score (nSPS) is 13.5. The smallest absolute Gasteiger partial charge is 0.0762 e. The molecule has 2 rings (SSSR count). The topological polar surface area (TPSA) is 36.0 Å². The Morgan fingerprint density at radius 2 is 2.17 bits per heavy atom. The first kappa shape index (κ1) is 7.37. The predicted octanol–water partition coefficient (Wildman–Crippen LogP) is 2.22. The van der Waals surface area contributed by atoms with Crippen LogP contribution >= 0.6 is 0 Å². The minimum absolute atomic E-state index is 0.391. The van der Waals surface area contributed by atoms with E-state index in [-0.39, 0.29) is 0 Å². The molecule has 2 aromatic rings. The molecule has 2 N–H and O–H groups in total. The molecule has 1 aromatic heterocycles. The summed E-state index contributed by atoms with van der Waals surface area (Å²) in [6.07, 6.45) is 1.51. The van der Waals surface area contributed by atoms with Gasteiger partial charge in [-0.15, -0.1) is 0 Å². The summed E-state index contributed by atoms with van der Waals surface area (Å²) in [7, 11) is 0. The van der Waals surface area contributed by atoms with Gasteiger partial charge in [0.1, 0.15) is 0 Å². The van der Waals surface area contributed by atoms with Crippen LogP contribution < -0.4 is 0 Å². The summed E-state index contributed by atoms with van der Waals surface area (Å²) in [5.74, 6) is 0. The molecular weight excluding hydrogens is 150 g/mol. The largest absolute Gasteiger partial charge is 0.389 e. The maximum Gasteiger partial charge on any atom is 0.0762 e. The molecular formula is C10H11NO. The first-order valence-electron chi connectivity index (χ1n) is 4.02. The van der Waals surface area contributed by atoms with Gasteiger partial charge in [-0.3, -0.25) is 0 Å². The highest BCUT2D eigenvalue weighted by molar-refractivity contribution is 5.79. The SMILES string of the molecule is CC(O)c1ccc2cc[nH]c2c1. The highest BCUT2D eigenvalue weighted by Gasteiger charge is 2.01. The van der Waals surface area contributed by atoms with Crippen LogP contribution in [-0.2, 0) is 0 Å². The van der Waals surface area contributed by atoms with Gasteiger partial charge in [0.2, 0.25) is 0 Å². The third-order valence-corrected chi connectivity index (χ3v) is 2.06. The molecule has 1 aromatic carbocycles. The monoisotopic (exact) mass is 161 g/mol. The predicted molar refractivity (Wildman–Crippen MR) is 48.9 cm³/mol. The highest BCUT2D eigenvalue weighted by Crippen LogP contribution is 2.18. The first-order valence-corrected chi connectivity index (χ1v) is 4.02. The van der Waals surface area contributed by atoms with Gasteiger partial charge >= 0.3 is 0 Å². The second-order valence-corrected chi connectivity index (χ2v) is 3.00. The van der Waals surface area contributed by atoms with Crippen molar-refractivity contribution in [1.29, 1.82) is 0 Å². The van der Waals surface area contributed by atoms with Gasteiger partial charge in [-0.05, 0) is 30.0 Å². The van der Waals surface area contributed by atoms with Gasteiger partial charge in [0, 0.05) is 11.7 Å². The fourth-order valence-electron chi connectivity index (χ4n) is 1.33. The molecule has 1 atom stereocenters. The Kier molecular flexibility index (Phi) is 1.62. The second kappa shape index (κ2) is 2.64. The lowest BCUT2D eigenvalue weighted by Crippen LogP contribution is -1.89. The molecule has 0 spiro atoms. The molecule has 62 valence electrons. The van der Waals surface area contributed by atoms with E-state index in [1.165, 1.54) is 5.39 Å². The zero-order valence-electron chi connectivity index (χ0n) is 6.91. The van der Waals surface area contributed by atoms with Crippen LogP contribution in [0.5, 0.6) is 0 Å². The van der Waals surface area contributed by atoms with Crippen LogP contribution in [0.25, 0.3) is 10.9 Å². The van der Waals surface area contributed by atoms with Gasteiger partial charge in [-0.1, -0.05) is 12.1 Å². The second-order valence-electron chi connectivity index (χ2n) is 3.00. The molecule has 0 aliphatic rings. The fraction of sp³-hybridized carbons (Fsp3) is 0.200. The molecule has 0 aliphatic heterocycles. The number of aliphatic hydroxyl groups is 1. The van der Waals surface area contributed by atoms with E-state index in [1.54, 1.807) is 6.92 Å². The Morgan fingerprint density at radius 3 is 2.92 bits per heavy atom. The third-order valence-electron chi connectivity index (χ3n) is 2.06. The molecule has 0 saturated carbocycles. The lowest BCUT2D eigenvalue weighted by molar-refractivity contribution is 0.199. The van der Waals surface area contributed by atoms with Gasteiger partial charge in [0.25, 0.3) is 0 Å². The molecule has 2 heteroatoms. The number of benzene rings is 1. The summed E-state index contributed by atoms with van der Waals surface area (Å²) in [4.78, 5) is 3.10. The van der Waals surface area contributed by atoms with Crippen LogP contribution in [-0.4, -0.2) is 10.1 Å². The average Bonchev–Trinajstić information content (AvgIpc) is 2.49. The number of hydrogen-bond donors (Lipinski definition) is 2. The molecule has 0 radical (unpaired) electrons. The van der Waals surface area contributed by atoms with Crippen LogP contribution in [0.2, 0.25) is 0 Å². The molecule has 0 fully saturated rings. The van der Waals surface area contributed by atoms with E-state index in [1.807, 2.05) is 30.5 Å². The van der Waals surface area contributed by atoms with Gasteiger partial charge in [-0.25, -0.2) is 0 Å². The Bertz CT molecular complexity index is 389. The van der Waals surface area contributed by atoms with Gasteiger partial charge in [-0.2, -0.15) is 0 Å². The average molecular weight is 161 g/mol. The number of aromatic nitrogens is 1. The van der Waals surface area contributed by atoms with E-state index < -0.39 is 6.10 Å². The molecule has 1 heterocycles. The lowest BCUT2D eigenvalue weighted by Gasteiger charge is -2.03. The number of aromatic amines is 1.